The molecule has 3 aliphatic rings. The molecule has 0 bridgehead atoms. The summed E-state index contributed by atoms with van der Waals surface area (Å²) in [5.41, 5.74) is 6.56. The standard InChI is InChI=1S/C17H32N2/c18-16(14-7-2-1-3-8-14)13-19-12-6-10-15-9-4-5-11-17(15)19/h14-17H,1-13,18H2. The van der Waals surface area contributed by atoms with Crippen LogP contribution in [0.1, 0.15) is 70.6 Å². The van der Waals surface area contributed by atoms with Crippen LogP contribution in [0.4, 0.5) is 0 Å². The van der Waals surface area contributed by atoms with E-state index in [0.717, 1.165) is 17.9 Å². The first kappa shape index (κ1) is 13.9. The molecule has 0 aromatic carbocycles. The third-order valence-corrected chi connectivity index (χ3v) is 6.06. The molecular formula is C17H32N2. The average molecular weight is 264 g/mol. The van der Waals surface area contributed by atoms with Crippen molar-refractivity contribution in [2.45, 2.75) is 82.7 Å². The quantitative estimate of drug-likeness (QED) is 0.844. The Balaban J connectivity index is 1.55. The minimum absolute atomic E-state index is 0.445. The highest BCUT2D eigenvalue weighted by molar-refractivity contribution is 4.90. The van der Waals surface area contributed by atoms with Gasteiger partial charge in [-0.15, -0.1) is 0 Å². The molecule has 2 aliphatic carbocycles. The first-order valence-corrected chi connectivity index (χ1v) is 8.84. The van der Waals surface area contributed by atoms with Crippen LogP contribution < -0.4 is 5.73 Å². The lowest BCUT2D eigenvalue weighted by molar-refractivity contribution is 0.0488. The van der Waals surface area contributed by atoms with Crippen molar-refractivity contribution in [3.05, 3.63) is 0 Å². The highest BCUT2D eigenvalue weighted by atomic mass is 15.2. The SMILES string of the molecule is NC(CN1CCCC2CCCCC21)C1CCCCC1. The topological polar surface area (TPSA) is 29.3 Å². The number of hydrogen-bond acceptors (Lipinski definition) is 2. The smallest absolute Gasteiger partial charge is 0.0196 e. The molecule has 110 valence electrons. The Hall–Kier alpha value is -0.0800. The molecular weight excluding hydrogens is 232 g/mol. The molecule has 1 heterocycles. The number of fused-ring (bicyclic) bond motifs is 1. The predicted octanol–water partition coefficient (Wildman–Crippen LogP) is 3.55. The van der Waals surface area contributed by atoms with E-state index in [9.17, 15) is 0 Å². The molecule has 1 saturated heterocycles. The molecule has 2 heteroatoms. The predicted molar refractivity (Wildman–Crippen MR) is 81.1 cm³/mol. The summed E-state index contributed by atoms with van der Waals surface area (Å²) in [7, 11) is 0. The Morgan fingerprint density at radius 2 is 1.53 bits per heavy atom. The van der Waals surface area contributed by atoms with Crippen molar-refractivity contribution >= 4 is 0 Å². The highest BCUT2D eigenvalue weighted by Crippen LogP contribution is 2.36. The van der Waals surface area contributed by atoms with Gasteiger partial charge in [-0.25, -0.2) is 0 Å². The first-order chi connectivity index (χ1) is 9.34. The molecule has 2 saturated carbocycles. The lowest BCUT2D eigenvalue weighted by atomic mass is 9.77. The van der Waals surface area contributed by atoms with E-state index in [-0.39, 0.29) is 0 Å². The van der Waals surface area contributed by atoms with E-state index in [1.165, 1.54) is 83.7 Å². The molecule has 0 spiro atoms. The van der Waals surface area contributed by atoms with Crippen molar-refractivity contribution < 1.29 is 0 Å². The Morgan fingerprint density at radius 1 is 0.842 bits per heavy atom. The summed E-state index contributed by atoms with van der Waals surface area (Å²) in [5.74, 6) is 1.82. The second kappa shape index (κ2) is 6.58. The lowest BCUT2D eigenvalue weighted by Gasteiger charge is -2.46. The monoisotopic (exact) mass is 264 g/mol. The van der Waals surface area contributed by atoms with Crippen LogP contribution in [0, 0.1) is 11.8 Å². The molecule has 19 heavy (non-hydrogen) atoms. The van der Waals surface area contributed by atoms with Crippen molar-refractivity contribution in [1.82, 2.24) is 4.90 Å². The summed E-state index contributed by atoms with van der Waals surface area (Å²) in [6.07, 6.45) is 15.8. The van der Waals surface area contributed by atoms with Gasteiger partial charge < -0.3 is 5.73 Å². The third kappa shape index (κ3) is 3.33. The number of hydrogen-bond donors (Lipinski definition) is 1. The largest absolute Gasteiger partial charge is 0.326 e. The van der Waals surface area contributed by atoms with E-state index in [4.69, 9.17) is 5.73 Å². The van der Waals surface area contributed by atoms with E-state index in [2.05, 4.69) is 4.90 Å². The zero-order valence-corrected chi connectivity index (χ0v) is 12.5. The van der Waals surface area contributed by atoms with Crippen molar-refractivity contribution in [1.29, 1.82) is 0 Å². The summed E-state index contributed by atoms with van der Waals surface area (Å²) in [6.45, 7) is 2.51. The Labute approximate surface area is 119 Å². The molecule has 3 atom stereocenters. The second-order valence-electron chi connectivity index (χ2n) is 7.31. The summed E-state index contributed by atoms with van der Waals surface area (Å²) < 4.78 is 0. The van der Waals surface area contributed by atoms with Gasteiger partial charge in [-0.05, 0) is 56.9 Å². The van der Waals surface area contributed by atoms with Gasteiger partial charge in [0.25, 0.3) is 0 Å². The minimum atomic E-state index is 0.445. The molecule has 0 amide bonds. The van der Waals surface area contributed by atoms with Gasteiger partial charge in [0, 0.05) is 18.6 Å². The molecule has 0 aromatic rings. The van der Waals surface area contributed by atoms with Gasteiger partial charge in [0.05, 0.1) is 0 Å². The van der Waals surface area contributed by atoms with Crippen LogP contribution in [-0.4, -0.2) is 30.1 Å². The van der Waals surface area contributed by atoms with Crippen LogP contribution in [0.5, 0.6) is 0 Å². The van der Waals surface area contributed by atoms with Gasteiger partial charge in [0.15, 0.2) is 0 Å². The van der Waals surface area contributed by atoms with E-state index in [1.807, 2.05) is 0 Å². The van der Waals surface area contributed by atoms with E-state index < -0.39 is 0 Å². The lowest BCUT2D eigenvalue weighted by Crippen LogP contribution is -2.52. The van der Waals surface area contributed by atoms with E-state index in [0.29, 0.717) is 6.04 Å². The Kier molecular flexibility index (Phi) is 4.81. The van der Waals surface area contributed by atoms with Gasteiger partial charge in [-0.2, -0.15) is 0 Å². The Morgan fingerprint density at radius 3 is 2.37 bits per heavy atom. The van der Waals surface area contributed by atoms with Gasteiger partial charge in [-0.3, -0.25) is 4.90 Å². The fraction of sp³-hybridized carbons (Fsp3) is 1.00. The number of likely N-dealkylation sites (tertiary alicyclic amines) is 1. The molecule has 3 rings (SSSR count). The first-order valence-electron chi connectivity index (χ1n) is 8.84. The maximum absolute atomic E-state index is 6.56. The van der Waals surface area contributed by atoms with Gasteiger partial charge >= 0.3 is 0 Å². The molecule has 0 aromatic heterocycles. The maximum atomic E-state index is 6.56. The molecule has 3 unspecified atom stereocenters. The van der Waals surface area contributed by atoms with Crippen molar-refractivity contribution in [2.24, 2.45) is 17.6 Å². The number of nitrogens with zero attached hydrogens (tertiary/aromatic N) is 1. The average Bonchev–Trinajstić information content (AvgIpc) is 2.48. The summed E-state index contributed by atoms with van der Waals surface area (Å²) in [5, 5.41) is 0. The molecule has 3 fully saturated rings. The normalized spacial score (nSPS) is 35.8. The number of rotatable bonds is 3. The van der Waals surface area contributed by atoms with Crippen LogP contribution >= 0.6 is 0 Å². The number of piperidine rings is 1. The molecule has 2 N–H and O–H groups in total. The van der Waals surface area contributed by atoms with Crippen LogP contribution in [0.3, 0.4) is 0 Å². The van der Waals surface area contributed by atoms with Gasteiger partial charge in [0.1, 0.15) is 0 Å². The molecule has 1 aliphatic heterocycles. The van der Waals surface area contributed by atoms with Crippen LogP contribution in [0.25, 0.3) is 0 Å². The zero-order chi connectivity index (χ0) is 13.1. The van der Waals surface area contributed by atoms with Crippen molar-refractivity contribution in [3.63, 3.8) is 0 Å². The minimum Gasteiger partial charge on any atom is -0.326 e. The third-order valence-electron chi connectivity index (χ3n) is 6.06. The zero-order valence-electron chi connectivity index (χ0n) is 12.5. The maximum Gasteiger partial charge on any atom is 0.0196 e. The molecule has 2 nitrogen and oxygen atoms in total. The fourth-order valence-electron chi connectivity index (χ4n) is 4.94. The second-order valence-corrected chi connectivity index (χ2v) is 7.31. The van der Waals surface area contributed by atoms with Crippen LogP contribution in [-0.2, 0) is 0 Å². The van der Waals surface area contributed by atoms with Gasteiger partial charge in [-0.1, -0.05) is 32.1 Å². The summed E-state index contributed by atoms with van der Waals surface area (Å²) >= 11 is 0. The van der Waals surface area contributed by atoms with Crippen molar-refractivity contribution in [2.75, 3.05) is 13.1 Å². The van der Waals surface area contributed by atoms with Crippen LogP contribution in [0.2, 0.25) is 0 Å². The summed E-state index contributed by atoms with van der Waals surface area (Å²) in [6, 6.07) is 1.33. The molecule has 0 radical (unpaired) electrons. The number of nitrogens with two attached hydrogens (primary N) is 1. The fourth-order valence-corrected chi connectivity index (χ4v) is 4.94. The summed E-state index contributed by atoms with van der Waals surface area (Å²) in [4.78, 5) is 2.78. The highest BCUT2D eigenvalue weighted by Gasteiger charge is 2.34. The van der Waals surface area contributed by atoms with Crippen molar-refractivity contribution in [3.8, 4) is 0 Å². The van der Waals surface area contributed by atoms with Crippen LogP contribution in [0.15, 0.2) is 0 Å². The van der Waals surface area contributed by atoms with E-state index >= 15 is 0 Å². The van der Waals surface area contributed by atoms with E-state index in [1.54, 1.807) is 0 Å². The van der Waals surface area contributed by atoms with Gasteiger partial charge in [0.2, 0.25) is 0 Å². The Bertz CT molecular complexity index is 270.